The maximum Gasteiger partial charge on any atom is 0.197 e. The maximum absolute atomic E-state index is 13.2. The summed E-state index contributed by atoms with van der Waals surface area (Å²) in [5.74, 6) is -0.397. The van der Waals surface area contributed by atoms with Gasteiger partial charge in [0.1, 0.15) is 5.00 Å². The summed E-state index contributed by atoms with van der Waals surface area (Å²) in [6.45, 7) is 0. The smallest absolute Gasteiger partial charge is 0.197 e. The standard InChI is InChI=1S/C30H17NO2S2/c32-29-21-15-18-7-1-2-8-19(18)16-22(21)30(33)23(29)17-20-13-14-28(34-20)31-24-9-3-5-11-26(24)35-27-12-6-4-10-25(27)31/h1-17H. The van der Waals surface area contributed by atoms with Crippen molar-refractivity contribution in [2.45, 2.75) is 9.79 Å². The van der Waals surface area contributed by atoms with E-state index >= 15 is 0 Å². The van der Waals surface area contributed by atoms with Crippen molar-refractivity contribution < 1.29 is 9.59 Å². The average Bonchev–Trinajstić information content (AvgIpc) is 3.44. The Labute approximate surface area is 210 Å². The molecule has 1 aliphatic carbocycles. The second kappa shape index (κ2) is 7.80. The molecule has 0 saturated heterocycles. The minimum atomic E-state index is -0.198. The maximum atomic E-state index is 13.2. The lowest BCUT2D eigenvalue weighted by atomic mass is 10.0. The molecule has 0 amide bonds. The van der Waals surface area contributed by atoms with Gasteiger partial charge in [0.25, 0.3) is 0 Å². The van der Waals surface area contributed by atoms with Crippen LogP contribution >= 0.6 is 23.1 Å². The van der Waals surface area contributed by atoms with E-state index in [-0.39, 0.29) is 17.1 Å². The SMILES string of the molecule is O=C1C(=Cc2ccc(N3c4ccccc4Sc4ccccc43)s2)C(=O)c2cc3ccccc3cc21. The van der Waals surface area contributed by atoms with Crippen molar-refractivity contribution in [3.8, 4) is 0 Å². The van der Waals surface area contributed by atoms with Crippen molar-refractivity contribution in [3.63, 3.8) is 0 Å². The number of hydrogen-bond donors (Lipinski definition) is 0. The van der Waals surface area contributed by atoms with Crippen molar-refractivity contribution in [3.05, 3.63) is 119 Å². The Balaban J connectivity index is 1.30. The summed E-state index contributed by atoms with van der Waals surface area (Å²) in [7, 11) is 0. The highest BCUT2D eigenvalue weighted by molar-refractivity contribution is 7.99. The number of fused-ring (bicyclic) bond motifs is 4. The summed E-state index contributed by atoms with van der Waals surface area (Å²) in [4.78, 5) is 31.9. The highest BCUT2D eigenvalue weighted by atomic mass is 32.2. The fraction of sp³-hybridized carbons (Fsp3) is 0. The molecule has 5 aromatic rings. The van der Waals surface area contributed by atoms with Gasteiger partial charge in [0.05, 0.1) is 16.9 Å². The van der Waals surface area contributed by atoms with Crippen molar-refractivity contribution in [2.75, 3.05) is 4.90 Å². The molecule has 0 radical (unpaired) electrons. The second-order valence-corrected chi connectivity index (χ2v) is 10.7. The van der Waals surface area contributed by atoms with Gasteiger partial charge < -0.3 is 0 Å². The summed E-state index contributed by atoms with van der Waals surface area (Å²) in [5.41, 5.74) is 3.48. The number of thiophene rings is 1. The van der Waals surface area contributed by atoms with Gasteiger partial charge >= 0.3 is 0 Å². The van der Waals surface area contributed by atoms with Gasteiger partial charge in [0.15, 0.2) is 11.6 Å². The Bertz CT molecular complexity index is 1630. The molecule has 2 aliphatic rings. The van der Waals surface area contributed by atoms with Crippen molar-refractivity contribution in [1.82, 2.24) is 0 Å². The molecule has 0 atom stereocenters. The largest absolute Gasteiger partial charge is 0.300 e. The number of allylic oxidation sites excluding steroid dienone is 1. The minimum Gasteiger partial charge on any atom is -0.300 e. The predicted molar refractivity (Wildman–Crippen MR) is 144 cm³/mol. The molecular formula is C30H17NO2S2. The first-order valence-corrected chi connectivity index (χ1v) is 12.9. The van der Waals surface area contributed by atoms with E-state index in [1.165, 1.54) is 9.79 Å². The first-order chi connectivity index (χ1) is 17.2. The molecule has 2 heterocycles. The Morgan fingerprint density at radius 2 is 1.17 bits per heavy atom. The van der Waals surface area contributed by atoms with Gasteiger partial charge in [-0.2, -0.15) is 0 Å². The monoisotopic (exact) mass is 487 g/mol. The zero-order chi connectivity index (χ0) is 23.5. The lowest BCUT2D eigenvalue weighted by molar-refractivity contribution is 0.0990. The number of benzene rings is 4. The summed E-state index contributed by atoms with van der Waals surface area (Å²) < 4.78 is 0. The number of Topliss-reactive ketones (excluding diaryl/α,β-unsaturated/α-hetero) is 2. The molecule has 0 bridgehead atoms. The quantitative estimate of drug-likeness (QED) is 0.182. The fourth-order valence-corrected chi connectivity index (χ4v) is 6.80. The molecule has 35 heavy (non-hydrogen) atoms. The van der Waals surface area contributed by atoms with Crippen LogP contribution in [0.4, 0.5) is 16.4 Å². The predicted octanol–water partition coefficient (Wildman–Crippen LogP) is 8.30. The number of carbonyl (C=O) groups excluding carboxylic acids is 2. The van der Waals surface area contributed by atoms with Gasteiger partial charge in [-0.15, -0.1) is 11.3 Å². The van der Waals surface area contributed by atoms with E-state index in [2.05, 4.69) is 47.4 Å². The molecule has 5 heteroatoms. The topological polar surface area (TPSA) is 37.4 Å². The molecule has 1 aromatic heterocycles. The summed E-state index contributed by atoms with van der Waals surface area (Å²) >= 11 is 3.34. The van der Waals surface area contributed by atoms with Gasteiger partial charge in [-0.3, -0.25) is 14.5 Å². The van der Waals surface area contributed by atoms with Crippen LogP contribution in [0.5, 0.6) is 0 Å². The third-order valence-electron chi connectivity index (χ3n) is 6.42. The molecule has 1 aliphatic heterocycles. The van der Waals surface area contributed by atoms with E-state index < -0.39 is 0 Å². The van der Waals surface area contributed by atoms with E-state index in [0.717, 1.165) is 32.0 Å². The normalized spacial score (nSPS) is 14.2. The lowest BCUT2D eigenvalue weighted by Gasteiger charge is -2.31. The van der Waals surface area contributed by atoms with Crippen molar-refractivity contribution in [1.29, 1.82) is 0 Å². The first-order valence-electron chi connectivity index (χ1n) is 11.3. The van der Waals surface area contributed by atoms with Crippen LogP contribution in [0.2, 0.25) is 0 Å². The van der Waals surface area contributed by atoms with E-state index in [1.807, 2.05) is 54.6 Å². The molecule has 7 rings (SSSR count). The third-order valence-corrected chi connectivity index (χ3v) is 8.56. The summed E-state index contributed by atoms with van der Waals surface area (Å²) in [5, 5.41) is 2.97. The molecule has 3 nitrogen and oxygen atoms in total. The highest BCUT2D eigenvalue weighted by Gasteiger charge is 2.33. The van der Waals surface area contributed by atoms with Crippen LogP contribution in [0.15, 0.2) is 112 Å². The number of anilines is 3. The van der Waals surface area contributed by atoms with Gasteiger partial charge in [-0.1, -0.05) is 60.3 Å². The number of para-hydroxylation sites is 2. The van der Waals surface area contributed by atoms with Gasteiger partial charge in [-0.05, 0) is 65.4 Å². The molecular weight excluding hydrogens is 470 g/mol. The average molecular weight is 488 g/mol. The highest BCUT2D eigenvalue weighted by Crippen LogP contribution is 2.52. The van der Waals surface area contributed by atoms with Crippen LogP contribution in [0.25, 0.3) is 16.8 Å². The van der Waals surface area contributed by atoms with Gasteiger partial charge in [-0.25, -0.2) is 0 Å². The number of rotatable bonds is 2. The Morgan fingerprint density at radius 3 is 1.77 bits per heavy atom. The van der Waals surface area contributed by atoms with Crippen molar-refractivity contribution >= 4 is 67.9 Å². The molecule has 4 aromatic carbocycles. The van der Waals surface area contributed by atoms with Crippen LogP contribution in [-0.2, 0) is 0 Å². The van der Waals surface area contributed by atoms with Crippen LogP contribution in [0.3, 0.4) is 0 Å². The van der Waals surface area contributed by atoms with Crippen LogP contribution in [0.1, 0.15) is 25.6 Å². The number of carbonyl (C=O) groups is 2. The second-order valence-electron chi connectivity index (χ2n) is 8.51. The fourth-order valence-electron chi connectivity index (χ4n) is 4.76. The third kappa shape index (κ3) is 3.20. The Hall–Kier alpha value is -3.93. The summed E-state index contributed by atoms with van der Waals surface area (Å²) in [6, 6.07) is 32.3. The summed E-state index contributed by atoms with van der Waals surface area (Å²) in [6.07, 6.45) is 1.75. The molecule has 0 fully saturated rings. The molecule has 0 unspecified atom stereocenters. The van der Waals surface area contributed by atoms with E-state index in [9.17, 15) is 9.59 Å². The van der Waals surface area contributed by atoms with Gasteiger partial charge in [0.2, 0.25) is 0 Å². The van der Waals surface area contributed by atoms with Crippen LogP contribution in [0, 0.1) is 0 Å². The van der Waals surface area contributed by atoms with Crippen LogP contribution < -0.4 is 4.90 Å². The number of ketones is 2. The Morgan fingerprint density at radius 1 is 0.629 bits per heavy atom. The van der Waals surface area contributed by atoms with E-state index in [0.29, 0.717) is 11.1 Å². The van der Waals surface area contributed by atoms with Crippen LogP contribution in [-0.4, -0.2) is 11.6 Å². The first kappa shape index (κ1) is 20.4. The zero-order valence-corrected chi connectivity index (χ0v) is 20.0. The van der Waals surface area contributed by atoms with E-state index in [1.54, 1.807) is 29.2 Å². The van der Waals surface area contributed by atoms with E-state index in [4.69, 9.17) is 0 Å². The van der Waals surface area contributed by atoms with Crippen molar-refractivity contribution in [2.24, 2.45) is 0 Å². The van der Waals surface area contributed by atoms with Gasteiger partial charge in [0, 0.05) is 25.8 Å². The molecule has 0 spiro atoms. The molecule has 0 N–H and O–H groups in total. The lowest BCUT2D eigenvalue weighted by Crippen LogP contribution is -2.13. The Kier molecular flexibility index (Phi) is 4.56. The minimum absolute atomic E-state index is 0.198. The molecule has 0 saturated carbocycles. The zero-order valence-electron chi connectivity index (χ0n) is 18.4. The number of hydrogen-bond acceptors (Lipinski definition) is 5. The number of nitrogens with zero attached hydrogens (tertiary/aromatic N) is 1. The molecule has 166 valence electrons.